The van der Waals surface area contributed by atoms with Crippen molar-refractivity contribution in [2.75, 3.05) is 0 Å². The fraction of sp³-hybridized carbons (Fsp3) is 0.0909. The van der Waals surface area contributed by atoms with Crippen LogP contribution in [0.5, 0.6) is 5.75 Å². The molecule has 0 saturated heterocycles. The molecule has 0 aliphatic carbocycles. The van der Waals surface area contributed by atoms with Crippen LogP contribution in [0.15, 0.2) is 108 Å². The molecule has 3 aromatic carbocycles. The molecule has 217 valence electrons. The molecule has 0 saturated carbocycles. The van der Waals surface area contributed by atoms with Crippen molar-refractivity contribution < 1.29 is 72.4 Å². The number of alkyl halides is 3. The molecule has 0 fully saturated rings. The van der Waals surface area contributed by atoms with Gasteiger partial charge in [-0.25, -0.2) is 0 Å². The zero-order valence-electron chi connectivity index (χ0n) is 22.9. The molecular weight excluding hydrogens is 695 g/mol. The molecule has 0 amide bonds. The van der Waals surface area contributed by atoms with Crippen molar-refractivity contribution in [2.24, 2.45) is 0 Å². The van der Waals surface area contributed by atoms with Crippen LogP contribution < -0.4 is 5.56 Å². The number of para-hydroxylation sites is 1. The summed E-state index contributed by atoms with van der Waals surface area (Å²) in [6.45, 7) is 3.97. The molecule has 0 unspecified atom stereocenters. The molecule has 6 aromatic rings. The monoisotopic (exact) mass is 720 g/mol. The fourth-order valence-electron chi connectivity index (χ4n) is 4.68. The van der Waals surface area contributed by atoms with Gasteiger partial charge in [0.1, 0.15) is 11.3 Å². The topological polar surface area (TPSA) is 85.1 Å². The van der Waals surface area contributed by atoms with E-state index < -0.39 is 28.8 Å². The summed E-state index contributed by atoms with van der Waals surface area (Å²) in [6.07, 6.45) is -5.30. The number of halogens is 3. The maximum atomic E-state index is 13.1. The Balaban J connectivity index is 0.000000238. The molecule has 1 radical (unpaired) electrons. The number of hydrogen-bond donors (Lipinski definition) is 1. The Kier molecular flexibility index (Phi) is 9.94. The number of hydrogen-bond acceptors (Lipinski definition) is 5. The molecule has 0 aliphatic heterocycles. The van der Waals surface area contributed by atoms with Crippen LogP contribution in [0.25, 0.3) is 38.8 Å². The molecule has 0 spiro atoms. The maximum Gasteiger partial charge on any atom is 0.455 e. The number of carbonyl (C=O) groups excluding carboxylic acids is 1. The molecule has 6 nitrogen and oxygen atoms in total. The average Bonchev–Trinajstić information content (AvgIpc) is 2.97. The summed E-state index contributed by atoms with van der Waals surface area (Å²) in [5, 5.41) is 11.7. The maximum absolute atomic E-state index is 13.1. The van der Waals surface area contributed by atoms with Gasteiger partial charge in [0.05, 0.1) is 16.9 Å². The number of Topliss-reactive ketones (excluding diaryl/α,β-unsaturated/α-hetero) is 1. The van der Waals surface area contributed by atoms with E-state index in [0.29, 0.717) is 5.39 Å². The Bertz CT molecular complexity index is 1970. The minimum absolute atomic E-state index is 0. The first-order valence-corrected chi connectivity index (χ1v) is 12.9. The number of aromatic nitrogens is 3. The van der Waals surface area contributed by atoms with Crippen molar-refractivity contribution in [3.8, 4) is 22.8 Å². The Morgan fingerprint density at radius 3 is 1.84 bits per heavy atom. The van der Waals surface area contributed by atoms with E-state index in [-0.39, 0.29) is 66.0 Å². The van der Waals surface area contributed by atoms with Crippen LogP contribution in [0.4, 0.5) is 13.2 Å². The molecule has 0 bridgehead atoms. The van der Waals surface area contributed by atoms with Crippen LogP contribution in [0.1, 0.15) is 21.7 Å². The summed E-state index contributed by atoms with van der Waals surface area (Å²) >= 11 is 0. The summed E-state index contributed by atoms with van der Waals surface area (Å²) in [7, 11) is 0. The second-order valence-corrected chi connectivity index (χ2v) is 9.54. The summed E-state index contributed by atoms with van der Waals surface area (Å²) in [5.41, 5.74) is 1.91. The molecule has 10 heteroatoms. The fourth-order valence-corrected chi connectivity index (χ4v) is 4.68. The second kappa shape index (κ2) is 13.3. The Morgan fingerprint density at radius 2 is 1.28 bits per heavy atom. The Labute approximate surface area is 285 Å². The number of nitrogens with zero attached hydrogens (tertiary/aromatic N) is 3. The molecule has 6 rings (SSSR count). The van der Waals surface area contributed by atoms with Crippen LogP contribution in [-0.2, 0) is 0 Å². The molecule has 0 aliphatic rings. The first kappa shape index (κ1) is 32.2. The van der Waals surface area contributed by atoms with Crippen LogP contribution in [-0.4, -0.2) is 31.6 Å². The van der Waals surface area contributed by atoms with Gasteiger partial charge in [0, 0.05) is 77.2 Å². The van der Waals surface area contributed by atoms with E-state index in [1.807, 2.05) is 50.2 Å². The van der Waals surface area contributed by atoms with Gasteiger partial charge in [0.25, 0.3) is 11.3 Å². The third kappa shape index (κ3) is 6.77. The van der Waals surface area contributed by atoms with Gasteiger partial charge in [-0.15, -0.1) is 0 Å². The van der Waals surface area contributed by atoms with Gasteiger partial charge in [0.15, 0.2) is 0 Å². The number of rotatable bonds is 3. The number of fused-ring (bicyclic) bond motifs is 3. The van der Waals surface area contributed by atoms with E-state index in [1.165, 1.54) is 6.07 Å². The third-order valence-electron chi connectivity index (χ3n) is 6.57. The minimum atomic E-state index is -5.30. The van der Waals surface area contributed by atoms with Crippen LogP contribution >= 0.6 is 0 Å². The Hall–Kier alpha value is -3.73. The standard InChI is InChI=1S/C21H12F3NO3.C12H12N2.Eu/c22-21(23,24)19(27)16-18(26)15-11-10-12-6-4-5-9-14(12)17(15)25(20(16)28)13-7-2-1-3-8-13;1-9-5-3-7-11(13-9)12-8-4-6-10(2)14-12;/h1-11,26H;3-8H,1-2H3;. The second-order valence-electron chi connectivity index (χ2n) is 9.54. The van der Waals surface area contributed by atoms with Crippen molar-refractivity contribution >= 4 is 27.5 Å². The summed E-state index contributed by atoms with van der Waals surface area (Å²) in [6, 6.07) is 29.9. The van der Waals surface area contributed by atoms with Crippen LogP contribution in [0.3, 0.4) is 0 Å². The summed E-state index contributed by atoms with van der Waals surface area (Å²) < 4.78 is 40.3. The SMILES string of the molecule is Cc1cccc(-c2cccc(C)n2)n1.O=C(c1c(O)c2ccc3ccccc3c2n(-c2ccccc2)c1=O)C(F)(F)F.[Eu]. The van der Waals surface area contributed by atoms with Gasteiger partial charge in [-0.05, 0) is 61.7 Å². The average molecular weight is 720 g/mol. The summed E-state index contributed by atoms with van der Waals surface area (Å²) in [4.78, 5) is 33.8. The molecule has 1 N–H and O–H groups in total. The van der Waals surface area contributed by atoms with Gasteiger partial charge in [-0.2, -0.15) is 13.2 Å². The smallest absolute Gasteiger partial charge is 0.455 e. The zero-order valence-corrected chi connectivity index (χ0v) is 25.4. The van der Waals surface area contributed by atoms with E-state index in [9.17, 15) is 27.9 Å². The van der Waals surface area contributed by atoms with Gasteiger partial charge in [0.2, 0.25) is 0 Å². The normalized spacial score (nSPS) is 11.0. The van der Waals surface area contributed by atoms with Crippen molar-refractivity contribution in [2.45, 2.75) is 20.0 Å². The van der Waals surface area contributed by atoms with Crippen LogP contribution in [0, 0.1) is 63.2 Å². The number of ketones is 1. The first-order valence-electron chi connectivity index (χ1n) is 12.9. The van der Waals surface area contributed by atoms with Crippen molar-refractivity contribution in [3.63, 3.8) is 0 Å². The quantitative estimate of drug-likeness (QED) is 0.153. The molecule has 3 aromatic heterocycles. The van der Waals surface area contributed by atoms with E-state index in [4.69, 9.17) is 0 Å². The van der Waals surface area contributed by atoms with E-state index in [0.717, 1.165) is 32.7 Å². The van der Waals surface area contributed by atoms with Crippen molar-refractivity contribution in [3.05, 3.63) is 130 Å². The van der Waals surface area contributed by atoms with Gasteiger partial charge in [-0.1, -0.05) is 60.7 Å². The first-order chi connectivity index (χ1) is 20.1. The largest absolute Gasteiger partial charge is 0.506 e. The zero-order chi connectivity index (χ0) is 30.0. The number of pyridine rings is 3. The van der Waals surface area contributed by atoms with Gasteiger partial charge in [-0.3, -0.25) is 24.1 Å². The molecule has 3 heterocycles. The van der Waals surface area contributed by atoms with E-state index in [1.54, 1.807) is 60.7 Å². The predicted octanol–water partition coefficient (Wildman–Crippen LogP) is 7.35. The van der Waals surface area contributed by atoms with Crippen molar-refractivity contribution in [1.82, 2.24) is 14.5 Å². The van der Waals surface area contributed by atoms with Crippen LogP contribution in [0.2, 0.25) is 0 Å². The molecular formula is C33H24EuF3N3O3. The van der Waals surface area contributed by atoms with Gasteiger partial charge < -0.3 is 5.11 Å². The predicted molar refractivity (Wildman–Crippen MR) is 156 cm³/mol. The summed E-state index contributed by atoms with van der Waals surface area (Å²) in [5.74, 6) is -3.35. The van der Waals surface area contributed by atoms with E-state index >= 15 is 0 Å². The number of aryl methyl sites for hydroxylation is 2. The number of aromatic hydroxyl groups is 1. The third-order valence-corrected chi connectivity index (χ3v) is 6.57. The molecule has 43 heavy (non-hydrogen) atoms. The minimum Gasteiger partial charge on any atom is -0.506 e. The van der Waals surface area contributed by atoms with E-state index in [2.05, 4.69) is 9.97 Å². The number of carbonyl (C=O) groups is 1. The van der Waals surface area contributed by atoms with Gasteiger partial charge >= 0.3 is 6.18 Å². The van der Waals surface area contributed by atoms with Crippen molar-refractivity contribution in [1.29, 1.82) is 0 Å². The number of benzene rings is 3. The Morgan fingerprint density at radius 1 is 0.721 bits per heavy atom. The molecule has 0 atom stereocenters.